The quantitative estimate of drug-likeness (QED) is 0.665. The largest absolute Gasteiger partial charge is 0.480 e. The monoisotopic (exact) mass is 322 g/mol. The van der Waals surface area contributed by atoms with Gasteiger partial charge in [-0.25, -0.2) is 4.79 Å². The maximum absolute atomic E-state index is 12.7. The maximum atomic E-state index is 12.7. The zero-order valence-electron chi connectivity index (χ0n) is 13.1. The molecule has 1 saturated heterocycles. The average molecular weight is 322 g/mol. The third kappa shape index (κ3) is 3.16. The molecule has 1 N–H and O–H groups in total. The lowest BCUT2D eigenvalue weighted by Crippen LogP contribution is -2.40. The standard InChI is InChI=1S/C15H18N2O6/c1-8-4-9(2)12(17(21)22)6-11(8)14(18)16-7-10(23-3)5-13(16)15(19)20/h4,6,10,13H,5,7H2,1-3H3,(H,19,20). The first kappa shape index (κ1) is 16.9. The summed E-state index contributed by atoms with van der Waals surface area (Å²) < 4.78 is 5.15. The van der Waals surface area contributed by atoms with Crippen LogP contribution in [-0.4, -0.2) is 52.6 Å². The van der Waals surface area contributed by atoms with Gasteiger partial charge in [-0.2, -0.15) is 0 Å². The normalized spacial score (nSPS) is 20.6. The number of aliphatic carboxylic acids is 1. The van der Waals surface area contributed by atoms with E-state index in [4.69, 9.17) is 4.74 Å². The van der Waals surface area contributed by atoms with Gasteiger partial charge in [-0.05, 0) is 25.5 Å². The van der Waals surface area contributed by atoms with Crippen LogP contribution in [0.15, 0.2) is 12.1 Å². The fourth-order valence-corrected chi connectivity index (χ4v) is 2.85. The van der Waals surface area contributed by atoms with Crippen LogP contribution >= 0.6 is 0 Å². The Balaban J connectivity index is 2.41. The Labute approximate surface area is 132 Å². The molecule has 1 aromatic rings. The Hall–Kier alpha value is -2.48. The number of methoxy groups -OCH3 is 1. The van der Waals surface area contributed by atoms with Crippen molar-refractivity contribution in [1.82, 2.24) is 4.90 Å². The highest BCUT2D eigenvalue weighted by Gasteiger charge is 2.40. The number of nitrogens with zero attached hydrogens (tertiary/aromatic N) is 2. The lowest BCUT2D eigenvalue weighted by atomic mass is 10.0. The number of aryl methyl sites for hydroxylation is 2. The molecule has 2 atom stereocenters. The summed E-state index contributed by atoms with van der Waals surface area (Å²) in [6.07, 6.45) is -0.161. The van der Waals surface area contributed by atoms with Gasteiger partial charge in [-0.15, -0.1) is 0 Å². The number of carboxylic acid groups (broad SMARTS) is 1. The van der Waals surface area contributed by atoms with Crippen LogP contribution in [0.2, 0.25) is 0 Å². The summed E-state index contributed by atoms with van der Waals surface area (Å²) in [7, 11) is 1.46. The van der Waals surface area contributed by atoms with Crippen LogP contribution in [0.25, 0.3) is 0 Å². The first-order chi connectivity index (χ1) is 10.8. The molecule has 0 aromatic heterocycles. The van der Waals surface area contributed by atoms with Crippen molar-refractivity contribution >= 4 is 17.6 Å². The summed E-state index contributed by atoms with van der Waals surface area (Å²) in [5, 5.41) is 20.4. The van der Waals surface area contributed by atoms with E-state index in [0.29, 0.717) is 11.1 Å². The predicted molar refractivity (Wildman–Crippen MR) is 80.4 cm³/mol. The number of carbonyl (C=O) groups is 2. The van der Waals surface area contributed by atoms with Gasteiger partial charge in [0.25, 0.3) is 11.6 Å². The minimum absolute atomic E-state index is 0.144. The predicted octanol–water partition coefficient (Wildman–Crippen LogP) is 1.53. The van der Waals surface area contributed by atoms with Gasteiger partial charge in [0.1, 0.15) is 6.04 Å². The van der Waals surface area contributed by atoms with E-state index in [9.17, 15) is 24.8 Å². The van der Waals surface area contributed by atoms with Crippen LogP contribution in [0.1, 0.15) is 27.9 Å². The summed E-state index contributed by atoms with van der Waals surface area (Å²) in [5.41, 5.74) is 1.01. The lowest BCUT2D eigenvalue weighted by Gasteiger charge is -2.22. The second-order valence-corrected chi connectivity index (χ2v) is 5.62. The molecule has 124 valence electrons. The minimum Gasteiger partial charge on any atom is -0.480 e. The second kappa shape index (κ2) is 6.33. The van der Waals surface area contributed by atoms with Crippen molar-refractivity contribution in [2.45, 2.75) is 32.4 Å². The van der Waals surface area contributed by atoms with Crippen LogP contribution in [-0.2, 0) is 9.53 Å². The molecule has 1 aliphatic heterocycles. The molecule has 0 spiro atoms. The Morgan fingerprint density at radius 2 is 2.00 bits per heavy atom. The molecule has 8 heteroatoms. The third-order valence-electron chi connectivity index (χ3n) is 4.11. The van der Waals surface area contributed by atoms with Crippen LogP contribution in [0, 0.1) is 24.0 Å². The lowest BCUT2D eigenvalue weighted by molar-refractivity contribution is -0.385. The van der Waals surface area contributed by atoms with Gasteiger partial charge in [0.15, 0.2) is 0 Å². The highest BCUT2D eigenvalue weighted by Crippen LogP contribution is 2.27. The first-order valence-corrected chi connectivity index (χ1v) is 7.08. The number of nitro groups is 1. The molecule has 0 bridgehead atoms. The van der Waals surface area contributed by atoms with E-state index in [-0.39, 0.29) is 30.3 Å². The molecule has 23 heavy (non-hydrogen) atoms. The van der Waals surface area contributed by atoms with Crippen LogP contribution < -0.4 is 0 Å². The average Bonchev–Trinajstić information content (AvgIpc) is 2.90. The molecule has 1 amide bonds. The van der Waals surface area contributed by atoms with Gasteiger partial charge < -0.3 is 14.7 Å². The number of benzene rings is 1. The number of hydrogen-bond acceptors (Lipinski definition) is 5. The van der Waals surface area contributed by atoms with E-state index in [1.807, 2.05) is 0 Å². The van der Waals surface area contributed by atoms with Crippen molar-refractivity contribution in [3.63, 3.8) is 0 Å². The van der Waals surface area contributed by atoms with E-state index in [1.165, 1.54) is 18.1 Å². The topological polar surface area (TPSA) is 110 Å². The molecule has 2 unspecified atom stereocenters. The number of ether oxygens (including phenoxy) is 1. The number of rotatable bonds is 4. The van der Waals surface area contributed by atoms with E-state index in [2.05, 4.69) is 0 Å². The van der Waals surface area contributed by atoms with Gasteiger partial charge >= 0.3 is 5.97 Å². The van der Waals surface area contributed by atoms with Crippen molar-refractivity contribution in [2.75, 3.05) is 13.7 Å². The van der Waals surface area contributed by atoms with E-state index in [0.717, 1.165) is 0 Å². The summed E-state index contributed by atoms with van der Waals surface area (Å²) in [5.74, 6) is -1.64. The van der Waals surface area contributed by atoms with Gasteiger partial charge in [-0.1, -0.05) is 0 Å². The Morgan fingerprint density at radius 1 is 1.35 bits per heavy atom. The number of carbonyl (C=O) groups excluding carboxylic acids is 1. The summed E-state index contributed by atoms with van der Waals surface area (Å²) in [6, 6.07) is 1.78. The Kier molecular flexibility index (Phi) is 4.65. The Morgan fingerprint density at radius 3 is 2.52 bits per heavy atom. The van der Waals surface area contributed by atoms with Crippen LogP contribution in [0.3, 0.4) is 0 Å². The molecule has 8 nitrogen and oxygen atoms in total. The molecule has 1 fully saturated rings. The molecule has 1 heterocycles. The number of nitro benzene ring substituents is 1. The van der Waals surface area contributed by atoms with Gasteiger partial charge in [0.05, 0.1) is 11.0 Å². The number of likely N-dealkylation sites (tertiary alicyclic amines) is 1. The molecule has 1 aliphatic rings. The molecule has 0 aliphatic carbocycles. The molecule has 2 rings (SSSR count). The molecule has 0 saturated carbocycles. The summed E-state index contributed by atoms with van der Waals surface area (Å²) >= 11 is 0. The molecule has 0 radical (unpaired) electrons. The minimum atomic E-state index is -1.11. The van der Waals surface area contributed by atoms with Crippen molar-refractivity contribution < 1.29 is 24.4 Å². The molecular weight excluding hydrogens is 304 g/mol. The third-order valence-corrected chi connectivity index (χ3v) is 4.11. The van der Waals surface area contributed by atoms with Crippen molar-refractivity contribution in [3.8, 4) is 0 Å². The fourth-order valence-electron chi connectivity index (χ4n) is 2.85. The first-order valence-electron chi connectivity index (χ1n) is 7.08. The van der Waals surface area contributed by atoms with Crippen LogP contribution in [0.4, 0.5) is 5.69 Å². The molecule has 1 aromatic carbocycles. The van der Waals surface area contributed by atoms with Crippen LogP contribution in [0.5, 0.6) is 0 Å². The van der Waals surface area contributed by atoms with Gasteiger partial charge in [-0.3, -0.25) is 14.9 Å². The zero-order valence-corrected chi connectivity index (χ0v) is 13.1. The van der Waals surface area contributed by atoms with E-state index < -0.39 is 22.8 Å². The maximum Gasteiger partial charge on any atom is 0.326 e. The number of hydrogen-bond donors (Lipinski definition) is 1. The van der Waals surface area contributed by atoms with Gasteiger partial charge in [0, 0.05) is 37.3 Å². The van der Waals surface area contributed by atoms with Crippen molar-refractivity contribution in [2.24, 2.45) is 0 Å². The van der Waals surface area contributed by atoms with E-state index >= 15 is 0 Å². The summed E-state index contributed by atoms with van der Waals surface area (Å²) in [6.45, 7) is 3.41. The highest BCUT2D eigenvalue weighted by molar-refractivity contribution is 5.99. The number of carboxylic acids is 1. The smallest absolute Gasteiger partial charge is 0.326 e. The summed E-state index contributed by atoms with van der Waals surface area (Å²) in [4.78, 5) is 35.8. The Bertz CT molecular complexity index is 672. The van der Waals surface area contributed by atoms with E-state index in [1.54, 1.807) is 19.9 Å². The zero-order chi connectivity index (χ0) is 17.3. The SMILES string of the molecule is COC1CC(C(=O)O)N(C(=O)c2cc([N+](=O)[O-])c(C)cc2C)C1. The van der Waals surface area contributed by atoms with Gasteiger partial charge in [0.2, 0.25) is 0 Å². The fraction of sp³-hybridized carbons (Fsp3) is 0.467. The van der Waals surface area contributed by atoms with Crippen molar-refractivity contribution in [1.29, 1.82) is 0 Å². The number of amides is 1. The highest BCUT2D eigenvalue weighted by atomic mass is 16.6. The molecular formula is C15H18N2O6. The van der Waals surface area contributed by atoms with Crippen molar-refractivity contribution in [3.05, 3.63) is 38.9 Å². The second-order valence-electron chi connectivity index (χ2n) is 5.62.